The van der Waals surface area contributed by atoms with Crippen LogP contribution in [0.15, 0.2) is 0 Å². The molecule has 0 spiro atoms. The van der Waals surface area contributed by atoms with Crippen molar-refractivity contribution in [1.82, 2.24) is 10.6 Å². The first-order valence-electron chi connectivity index (χ1n) is 14.0. The van der Waals surface area contributed by atoms with Crippen molar-refractivity contribution in [2.75, 3.05) is 19.8 Å². The molecule has 1 rings (SSSR count). The standard InChI is InChI=1S/C28H54N2O2S2/c1-6-8-10-12-14-16-18-31-25(33)29-23-28(5)21-24(20-27(3,4)22-28)30-26(34)32-19-17-15-13-11-9-7-2/h24H,6-23H2,1-5H3,(H,29,33)(H,30,34). The topological polar surface area (TPSA) is 42.5 Å². The van der Waals surface area contributed by atoms with Crippen molar-refractivity contribution in [3.8, 4) is 0 Å². The van der Waals surface area contributed by atoms with Gasteiger partial charge in [-0.2, -0.15) is 0 Å². The van der Waals surface area contributed by atoms with Gasteiger partial charge in [0.1, 0.15) is 0 Å². The molecule has 6 heteroatoms. The average Bonchev–Trinajstić information content (AvgIpc) is 2.75. The number of rotatable bonds is 17. The van der Waals surface area contributed by atoms with Crippen LogP contribution in [0.4, 0.5) is 0 Å². The zero-order valence-corrected chi connectivity index (χ0v) is 24.6. The average molecular weight is 515 g/mol. The van der Waals surface area contributed by atoms with Crippen molar-refractivity contribution < 1.29 is 9.47 Å². The van der Waals surface area contributed by atoms with Crippen molar-refractivity contribution in [2.24, 2.45) is 10.8 Å². The smallest absolute Gasteiger partial charge is 0.256 e. The van der Waals surface area contributed by atoms with Crippen LogP contribution >= 0.6 is 24.4 Å². The van der Waals surface area contributed by atoms with Gasteiger partial charge in [-0.3, -0.25) is 0 Å². The van der Waals surface area contributed by atoms with Crippen LogP contribution < -0.4 is 10.6 Å². The molecule has 0 heterocycles. The summed E-state index contributed by atoms with van der Waals surface area (Å²) in [4.78, 5) is 0. The molecule has 200 valence electrons. The van der Waals surface area contributed by atoms with Crippen molar-refractivity contribution >= 4 is 34.8 Å². The summed E-state index contributed by atoms with van der Waals surface area (Å²) in [5, 5.41) is 8.01. The quantitative estimate of drug-likeness (QED) is 0.151. The Labute approximate surface area is 222 Å². The Hall–Kier alpha value is -0.620. The summed E-state index contributed by atoms with van der Waals surface area (Å²) < 4.78 is 11.6. The van der Waals surface area contributed by atoms with Crippen LogP contribution in [0.1, 0.15) is 131 Å². The van der Waals surface area contributed by atoms with E-state index in [0.717, 1.165) is 45.3 Å². The van der Waals surface area contributed by atoms with E-state index in [9.17, 15) is 0 Å². The summed E-state index contributed by atoms with van der Waals surface area (Å²) in [7, 11) is 0. The molecule has 0 saturated heterocycles. The second kappa shape index (κ2) is 17.8. The fraction of sp³-hybridized carbons (Fsp3) is 0.929. The van der Waals surface area contributed by atoms with Crippen LogP contribution in [0.2, 0.25) is 0 Å². The first-order chi connectivity index (χ1) is 16.2. The minimum absolute atomic E-state index is 0.127. The fourth-order valence-electron chi connectivity index (χ4n) is 5.51. The zero-order valence-electron chi connectivity index (χ0n) is 22.9. The molecule has 1 aliphatic rings. The van der Waals surface area contributed by atoms with E-state index in [2.05, 4.69) is 45.3 Å². The van der Waals surface area contributed by atoms with Crippen LogP contribution in [0.25, 0.3) is 0 Å². The highest BCUT2D eigenvalue weighted by Gasteiger charge is 2.41. The Kier molecular flexibility index (Phi) is 16.4. The lowest BCUT2D eigenvalue weighted by Crippen LogP contribution is -2.50. The van der Waals surface area contributed by atoms with Crippen molar-refractivity contribution in [3.05, 3.63) is 0 Å². The number of nitrogens with one attached hydrogen (secondary N) is 2. The lowest BCUT2D eigenvalue weighted by Gasteiger charge is -2.47. The van der Waals surface area contributed by atoms with Gasteiger partial charge in [-0.05, 0) is 67.4 Å². The third-order valence-electron chi connectivity index (χ3n) is 6.89. The normalized spacial score (nSPS) is 21.6. The zero-order chi connectivity index (χ0) is 25.3. The van der Waals surface area contributed by atoms with Crippen LogP contribution in [0.5, 0.6) is 0 Å². The largest absolute Gasteiger partial charge is 0.471 e. The van der Waals surface area contributed by atoms with Gasteiger partial charge >= 0.3 is 0 Å². The second-order valence-corrected chi connectivity index (χ2v) is 12.3. The molecule has 2 atom stereocenters. The van der Waals surface area contributed by atoms with Gasteiger partial charge in [-0.15, -0.1) is 0 Å². The molecule has 4 nitrogen and oxygen atoms in total. The minimum atomic E-state index is 0.127. The summed E-state index contributed by atoms with van der Waals surface area (Å²) in [6, 6.07) is 0.324. The third kappa shape index (κ3) is 15.4. The number of hydrogen-bond donors (Lipinski definition) is 2. The Morgan fingerprint density at radius 1 is 0.735 bits per heavy atom. The van der Waals surface area contributed by atoms with E-state index in [4.69, 9.17) is 33.9 Å². The van der Waals surface area contributed by atoms with E-state index in [1.54, 1.807) is 0 Å². The summed E-state index contributed by atoms with van der Waals surface area (Å²) in [6.07, 6.45) is 18.4. The Balaban J connectivity index is 2.32. The van der Waals surface area contributed by atoms with Gasteiger partial charge in [0.15, 0.2) is 0 Å². The third-order valence-corrected chi connectivity index (χ3v) is 7.38. The lowest BCUT2D eigenvalue weighted by atomic mass is 9.62. The van der Waals surface area contributed by atoms with E-state index in [0.29, 0.717) is 23.0 Å². The van der Waals surface area contributed by atoms with Gasteiger partial charge in [-0.25, -0.2) is 0 Å². The van der Waals surface area contributed by atoms with E-state index < -0.39 is 0 Å². The lowest BCUT2D eigenvalue weighted by molar-refractivity contribution is 0.0765. The van der Waals surface area contributed by atoms with Gasteiger partial charge < -0.3 is 20.1 Å². The van der Waals surface area contributed by atoms with E-state index >= 15 is 0 Å². The van der Waals surface area contributed by atoms with E-state index in [1.165, 1.54) is 64.2 Å². The SMILES string of the molecule is CCCCCCCCOC(=S)NCC1(C)CC(NC(=S)OCCCCCCCC)CC(C)(C)C1. The van der Waals surface area contributed by atoms with Gasteiger partial charge in [-0.1, -0.05) is 98.8 Å². The maximum atomic E-state index is 5.84. The molecule has 2 unspecified atom stereocenters. The number of thiocarbonyl (C=S) groups is 2. The number of hydrogen-bond acceptors (Lipinski definition) is 4. The maximum absolute atomic E-state index is 5.84. The highest BCUT2D eigenvalue weighted by atomic mass is 32.1. The molecule has 0 amide bonds. The molecule has 1 fully saturated rings. The molecule has 0 aliphatic heterocycles. The van der Waals surface area contributed by atoms with Crippen LogP contribution in [-0.2, 0) is 9.47 Å². The molecule has 0 aromatic carbocycles. The van der Waals surface area contributed by atoms with Crippen molar-refractivity contribution in [2.45, 2.75) is 137 Å². The summed E-state index contributed by atoms with van der Waals surface area (Å²) >= 11 is 11.0. The van der Waals surface area contributed by atoms with Crippen LogP contribution in [-0.4, -0.2) is 36.1 Å². The Morgan fingerprint density at radius 3 is 1.79 bits per heavy atom. The number of unbranched alkanes of at least 4 members (excludes halogenated alkanes) is 10. The summed E-state index contributed by atoms with van der Waals surface area (Å²) in [5.74, 6) is 0. The molecular formula is C28H54N2O2S2. The van der Waals surface area contributed by atoms with Gasteiger partial charge in [0.05, 0.1) is 13.2 Å². The molecular weight excluding hydrogens is 460 g/mol. The molecule has 1 saturated carbocycles. The van der Waals surface area contributed by atoms with E-state index in [1.807, 2.05) is 0 Å². The molecule has 0 radical (unpaired) electrons. The predicted octanol–water partition coefficient (Wildman–Crippen LogP) is 8.07. The first-order valence-corrected chi connectivity index (χ1v) is 14.9. The van der Waals surface area contributed by atoms with Gasteiger partial charge in [0.25, 0.3) is 10.3 Å². The highest BCUT2D eigenvalue weighted by Crippen LogP contribution is 2.45. The fourth-order valence-corrected chi connectivity index (χ4v) is 5.92. The number of ether oxygens (including phenoxy) is 2. The first kappa shape index (κ1) is 31.4. The molecule has 2 N–H and O–H groups in total. The molecule has 0 aromatic rings. The molecule has 0 bridgehead atoms. The van der Waals surface area contributed by atoms with Gasteiger partial charge in [0, 0.05) is 12.6 Å². The Morgan fingerprint density at radius 2 is 1.24 bits per heavy atom. The highest BCUT2D eigenvalue weighted by molar-refractivity contribution is 7.80. The van der Waals surface area contributed by atoms with Crippen LogP contribution in [0, 0.1) is 10.8 Å². The van der Waals surface area contributed by atoms with E-state index in [-0.39, 0.29) is 10.8 Å². The van der Waals surface area contributed by atoms with Crippen molar-refractivity contribution in [1.29, 1.82) is 0 Å². The molecule has 34 heavy (non-hydrogen) atoms. The summed E-state index contributed by atoms with van der Waals surface area (Å²) in [5.41, 5.74) is 0.365. The Bertz CT molecular complexity index is 571. The molecule has 0 aromatic heterocycles. The van der Waals surface area contributed by atoms with Crippen LogP contribution in [0.3, 0.4) is 0 Å². The maximum Gasteiger partial charge on any atom is 0.256 e. The van der Waals surface area contributed by atoms with Crippen molar-refractivity contribution in [3.63, 3.8) is 0 Å². The van der Waals surface area contributed by atoms with Gasteiger partial charge in [0.2, 0.25) is 0 Å². The predicted molar refractivity (Wildman–Crippen MR) is 155 cm³/mol. The summed E-state index contributed by atoms with van der Waals surface area (Å²) in [6.45, 7) is 13.8. The monoisotopic (exact) mass is 514 g/mol. The second-order valence-electron chi connectivity index (χ2n) is 11.6. The molecule has 1 aliphatic carbocycles. The minimum Gasteiger partial charge on any atom is -0.471 e.